The van der Waals surface area contributed by atoms with Gasteiger partial charge in [-0.05, 0) is 44.0 Å². The van der Waals surface area contributed by atoms with Crippen LogP contribution in [-0.2, 0) is 4.79 Å². The van der Waals surface area contributed by atoms with Gasteiger partial charge < -0.3 is 15.5 Å². The van der Waals surface area contributed by atoms with Gasteiger partial charge >= 0.3 is 0 Å². The molecule has 2 aromatic carbocycles. The summed E-state index contributed by atoms with van der Waals surface area (Å²) in [7, 11) is 0. The first-order valence-corrected chi connectivity index (χ1v) is 11.0. The van der Waals surface area contributed by atoms with Crippen molar-refractivity contribution < 1.29 is 4.79 Å². The highest BCUT2D eigenvalue weighted by molar-refractivity contribution is 7.99. The molecule has 6 nitrogen and oxygen atoms in total. The van der Waals surface area contributed by atoms with E-state index in [1.165, 1.54) is 24.6 Å². The Morgan fingerprint density at radius 2 is 1.83 bits per heavy atom. The zero-order valence-electron chi connectivity index (χ0n) is 16.5. The molecule has 0 saturated carbocycles. The quantitative estimate of drug-likeness (QED) is 0.447. The zero-order chi connectivity index (χ0) is 20.1. The number of rotatable bonds is 7. The minimum Gasteiger partial charge on any atom is -0.370 e. The first-order chi connectivity index (χ1) is 14.2. The van der Waals surface area contributed by atoms with Gasteiger partial charge in [0, 0.05) is 25.0 Å². The number of thioether (sulfide) groups is 1. The molecule has 1 aliphatic heterocycles. The fourth-order valence-electron chi connectivity index (χ4n) is 3.55. The Labute approximate surface area is 175 Å². The van der Waals surface area contributed by atoms with E-state index in [-0.39, 0.29) is 11.7 Å². The largest absolute Gasteiger partial charge is 0.370 e. The van der Waals surface area contributed by atoms with Crippen molar-refractivity contribution in [2.24, 2.45) is 0 Å². The average Bonchev–Trinajstić information content (AvgIpc) is 3.28. The van der Waals surface area contributed by atoms with Crippen LogP contribution in [0.3, 0.4) is 0 Å². The van der Waals surface area contributed by atoms with E-state index in [9.17, 15) is 4.79 Å². The summed E-state index contributed by atoms with van der Waals surface area (Å²) in [5.74, 6) is 1.02. The van der Waals surface area contributed by atoms with Crippen LogP contribution < -0.4 is 15.5 Å². The second-order valence-corrected chi connectivity index (χ2v) is 7.89. The number of fused-ring (bicyclic) bond motifs is 1. The van der Waals surface area contributed by atoms with Crippen molar-refractivity contribution in [2.75, 3.05) is 40.9 Å². The lowest BCUT2D eigenvalue weighted by atomic mass is 10.2. The summed E-state index contributed by atoms with van der Waals surface area (Å²) in [4.78, 5) is 24.1. The van der Waals surface area contributed by atoms with E-state index in [2.05, 4.69) is 31.6 Å². The van der Waals surface area contributed by atoms with Crippen molar-refractivity contribution in [1.29, 1.82) is 0 Å². The number of para-hydroxylation sites is 3. The van der Waals surface area contributed by atoms with Crippen LogP contribution in [0.4, 0.5) is 17.2 Å². The summed E-state index contributed by atoms with van der Waals surface area (Å²) >= 11 is 1.35. The molecule has 1 fully saturated rings. The van der Waals surface area contributed by atoms with Gasteiger partial charge in [0.15, 0.2) is 5.16 Å². The fourth-order valence-corrected chi connectivity index (χ4v) is 4.20. The minimum absolute atomic E-state index is 0.0524. The first-order valence-electron chi connectivity index (χ1n) is 10.0. The number of benzene rings is 2. The molecular weight excluding hydrogens is 382 g/mol. The first kappa shape index (κ1) is 19.5. The molecular formula is C22H25N5OS. The number of carbonyl (C=O) groups excluding carboxylic acids is 1. The highest BCUT2D eigenvalue weighted by atomic mass is 32.2. The van der Waals surface area contributed by atoms with Crippen LogP contribution >= 0.6 is 11.8 Å². The Kier molecular flexibility index (Phi) is 6.14. The summed E-state index contributed by atoms with van der Waals surface area (Å²) in [5, 5.41) is 7.94. The summed E-state index contributed by atoms with van der Waals surface area (Å²) in [6.45, 7) is 4.90. The molecule has 2 N–H and O–H groups in total. The molecule has 1 aliphatic rings. The third kappa shape index (κ3) is 4.62. The van der Waals surface area contributed by atoms with E-state index in [1.54, 1.807) is 0 Å². The predicted octanol–water partition coefficient (Wildman–Crippen LogP) is 4.39. The van der Waals surface area contributed by atoms with E-state index in [1.807, 2.05) is 49.4 Å². The Hall–Kier alpha value is -2.80. The Morgan fingerprint density at radius 3 is 2.66 bits per heavy atom. The maximum Gasteiger partial charge on any atom is 0.234 e. The van der Waals surface area contributed by atoms with E-state index in [0.717, 1.165) is 47.7 Å². The number of hydrogen-bond donors (Lipinski definition) is 2. The SMILES string of the molecule is CCNc1nc(SCC(=O)Nc2ccccc2N2CCCC2)nc2ccccc12. The number of anilines is 3. The van der Waals surface area contributed by atoms with E-state index in [0.29, 0.717) is 5.16 Å². The van der Waals surface area contributed by atoms with Gasteiger partial charge in [-0.15, -0.1) is 0 Å². The molecule has 0 radical (unpaired) electrons. The van der Waals surface area contributed by atoms with Crippen LogP contribution in [0.1, 0.15) is 19.8 Å². The highest BCUT2D eigenvalue weighted by Crippen LogP contribution is 2.29. The lowest BCUT2D eigenvalue weighted by Gasteiger charge is -2.21. The molecule has 0 bridgehead atoms. The maximum atomic E-state index is 12.6. The van der Waals surface area contributed by atoms with Crippen molar-refractivity contribution in [1.82, 2.24) is 9.97 Å². The molecule has 29 heavy (non-hydrogen) atoms. The van der Waals surface area contributed by atoms with Crippen LogP contribution in [0.25, 0.3) is 10.9 Å². The van der Waals surface area contributed by atoms with E-state index >= 15 is 0 Å². The lowest BCUT2D eigenvalue weighted by Crippen LogP contribution is -2.21. The van der Waals surface area contributed by atoms with Gasteiger partial charge in [-0.2, -0.15) is 0 Å². The summed E-state index contributed by atoms with van der Waals surface area (Å²) in [6, 6.07) is 15.9. The molecule has 0 spiro atoms. The maximum absolute atomic E-state index is 12.6. The average molecular weight is 408 g/mol. The van der Waals surface area contributed by atoms with E-state index < -0.39 is 0 Å². The van der Waals surface area contributed by atoms with Crippen molar-refractivity contribution in [3.63, 3.8) is 0 Å². The van der Waals surface area contributed by atoms with Crippen molar-refractivity contribution in [3.8, 4) is 0 Å². The fraction of sp³-hybridized carbons (Fsp3) is 0.318. The van der Waals surface area contributed by atoms with Crippen molar-refractivity contribution in [3.05, 3.63) is 48.5 Å². The Balaban J connectivity index is 1.45. The van der Waals surface area contributed by atoms with Gasteiger partial charge in [0.1, 0.15) is 5.82 Å². The number of hydrogen-bond acceptors (Lipinski definition) is 6. The smallest absolute Gasteiger partial charge is 0.234 e. The molecule has 0 atom stereocenters. The third-order valence-corrected chi connectivity index (χ3v) is 5.73. The second-order valence-electron chi connectivity index (χ2n) is 6.95. The third-order valence-electron chi connectivity index (χ3n) is 4.88. The molecule has 0 unspecified atom stereocenters. The van der Waals surface area contributed by atoms with Crippen LogP contribution in [0.5, 0.6) is 0 Å². The Bertz CT molecular complexity index is 1000. The van der Waals surface area contributed by atoms with Crippen LogP contribution in [0.15, 0.2) is 53.7 Å². The second kappa shape index (κ2) is 9.13. The number of nitrogens with one attached hydrogen (secondary N) is 2. The lowest BCUT2D eigenvalue weighted by molar-refractivity contribution is -0.113. The van der Waals surface area contributed by atoms with Crippen LogP contribution in [0, 0.1) is 0 Å². The van der Waals surface area contributed by atoms with Gasteiger partial charge in [-0.3, -0.25) is 4.79 Å². The van der Waals surface area contributed by atoms with Gasteiger partial charge in [0.2, 0.25) is 5.91 Å². The minimum atomic E-state index is -0.0524. The van der Waals surface area contributed by atoms with Crippen LogP contribution in [-0.4, -0.2) is 41.3 Å². The summed E-state index contributed by atoms with van der Waals surface area (Å²) < 4.78 is 0. The topological polar surface area (TPSA) is 70.2 Å². The standard InChI is InChI=1S/C22H25N5OS/c1-2-23-21-16-9-3-4-10-17(16)25-22(26-21)29-15-20(28)24-18-11-5-6-12-19(18)27-13-7-8-14-27/h3-6,9-12H,2,7-8,13-15H2,1H3,(H,24,28)(H,23,25,26). The molecule has 4 rings (SSSR count). The molecule has 3 aromatic rings. The number of amides is 1. The van der Waals surface area contributed by atoms with E-state index in [4.69, 9.17) is 0 Å². The molecule has 0 aliphatic carbocycles. The summed E-state index contributed by atoms with van der Waals surface area (Å²) in [6.07, 6.45) is 2.40. The number of carbonyl (C=O) groups is 1. The molecule has 1 saturated heterocycles. The van der Waals surface area contributed by atoms with Gasteiger partial charge in [-0.25, -0.2) is 9.97 Å². The van der Waals surface area contributed by atoms with Crippen molar-refractivity contribution >= 4 is 45.8 Å². The number of aromatic nitrogens is 2. The molecule has 2 heterocycles. The summed E-state index contributed by atoms with van der Waals surface area (Å²) in [5.41, 5.74) is 2.84. The zero-order valence-corrected chi connectivity index (χ0v) is 17.3. The Morgan fingerprint density at radius 1 is 1.07 bits per heavy atom. The van der Waals surface area contributed by atoms with Gasteiger partial charge in [-0.1, -0.05) is 36.0 Å². The van der Waals surface area contributed by atoms with Crippen LogP contribution in [0.2, 0.25) is 0 Å². The van der Waals surface area contributed by atoms with Crippen molar-refractivity contribution in [2.45, 2.75) is 24.9 Å². The highest BCUT2D eigenvalue weighted by Gasteiger charge is 2.17. The molecule has 7 heteroatoms. The number of nitrogens with zero attached hydrogens (tertiary/aromatic N) is 3. The molecule has 1 amide bonds. The van der Waals surface area contributed by atoms with Gasteiger partial charge in [0.05, 0.1) is 22.6 Å². The van der Waals surface area contributed by atoms with Gasteiger partial charge in [0.25, 0.3) is 0 Å². The molecule has 1 aromatic heterocycles. The monoisotopic (exact) mass is 407 g/mol. The normalized spacial score (nSPS) is 13.6. The molecule has 150 valence electrons. The predicted molar refractivity (Wildman–Crippen MR) is 121 cm³/mol.